The molecular weight excluding hydrogens is 148 g/mol. The van der Waals surface area contributed by atoms with Crippen molar-refractivity contribution in [2.45, 2.75) is 34.1 Å². The summed E-state index contributed by atoms with van der Waals surface area (Å²) in [5.74, 6) is 0. The average Bonchev–Trinajstić information content (AvgIpc) is 2.08. The van der Waals surface area contributed by atoms with Crippen LogP contribution in [0.4, 0.5) is 0 Å². The molecule has 0 fully saturated rings. The van der Waals surface area contributed by atoms with Crippen LogP contribution in [0.1, 0.15) is 34.1 Å². The zero-order chi connectivity index (χ0) is 9.98. The molecule has 0 N–H and O–H groups in total. The molecule has 0 saturated heterocycles. The summed E-state index contributed by atoms with van der Waals surface area (Å²) in [6, 6.07) is 0. The highest BCUT2D eigenvalue weighted by atomic mass is 15.1. The van der Waals surface area contributed by atoms with E-state index in [2.05, 4.69) is 18.5 Å². The Morgan fingerprint density at radius 2 is 2.00 bits per heavy atom. The molecule has 0 unspecified atom stereocenters. The highest BCUT2D eigenvalue weighted by molar-refractivity contribution is 5.57. The van der Waals surface area contributed by atoms with E-state index in [1.807, 2.05) is 32.0 Å². The van der Waals surface area contributed by atoms with E-state index >= 15 is 0 Å². The Hall–Kier alpha value is -0.790. The van der Waals surface area contributed by atoms with Crippen LogP contribution >= 0.6 is 0 Å². The monoisotopic (exact) mass is 170 g/mol. The van der Waals surface area contributed by atoms with E-state index in [4.69, 9.17) is 0 Å². The van der Waals surface area contributed by atoms with Crippen molar-refractivity contribution < 1.29 is 0 Å². The summed E-state index contributed by atoms with van der Waals surface area (Å²) in [6.07, 6.45) is 2.94. The Labute approximate surface area is 77.0 Å². The summed E-state index contributed by atoms with van der Waals surface area (Å²) >= 11 is 0. The molecule has 2 heteroatoms. The first-order valence-corrected chi connectivity index (χ1v) is 4.56. The molecule has 12 heavy (non-hydrogen) atoms. The molecule has 0 aromatic carbocycles. The van der Waals surface area contributed by atoms with Crippen LogP contribution in [0, 0.1) is 0 Å². The van der Waals surface area contributed by atoms with Crippen LogP contribution in [-0.4, -0.2) is 24.8 Å². The number of hydrogen-bond donors (Lipinski definition) is 0. The van der Waals surface area contributed by atoms with Crippen molar-refractivity contribution in [3.63, 3.8) is 0 Å². The topological polar surface area (TPSA) is 15.6 Å². The van der Waals surface area contributed by atoms with E-state index < -0.39 is 0 Å². The normalized spacial score (nSPS) is 9.08. The van der Waals surface area contributed by atoms with Gasteiger partial charge in [0.2, 0.25) is 0 Å². The van der Waals surface area contributed by atoms with Gasteiger partial charge in [0.1, 0.15) is 0 Å². The SMILES string of the molecule is C=C(C)N(C=NC)CCC.CC. The fourth-order valence-corrected chi connectivity index (χ4v) is 0.727. The van der Waals surface area contributed by atoms with Crippen molar-refractivity contribution in [2.24, 2.45) is 4.99 Å². The van der Waals surface area contributed by atoms with Crippen molar-refractivity contribution >= 4 is 6.34 Å². The molecule has 0 radical (unpaired) electrons. The van der Waals surface area contributed by atoms with E-state index in [0.29, 0.717) is 0 Å². The van der Waals surface area contributed by atoms with Crippen molar-refractivity contribution in [1.82, 2.24) is 4.90 Å². The summed E-state index contributed by atoms with van der Waals surface area (Å²) in [4.78, 5) is 5.96. The first-order valence-electron chi connectivity index (χ1n) is 4.56. The molecule has 72 valence electrons. The van der Waals surface area contributed by atoms with Crippen molar-refractivity contribution in [2.75, 3.05) is 13.6 Å². The van der Waals surface area contributed by atoms with Gasteiger partial charge in [-0.15, -0.1) is 0 Å². The van der Waals surface area contributed by atoms with E-state index in [9.17, 15) is 0 Å². The van der Waals surface area contributed by atoms with Crippen LogP contribution in [0.25, 0.3) is 0 Å². The highest BCUT2D eigenvalue weighted by Crippen LogP contribution is 1.97. The van der Waals surface area contributed by atoms with Crippen LogP contribution in [0.2, 0.25) is 0 Å². The van der Waals surface area contributed by atoms with Crippen LogP contribution < -0.4 is 0 Å². The average molecular weight is 170 g/mol. The number of rotatable bonds is 4. The molecule has 0 aliphatic rings. The minimum absolute atomic E-state index is 1.01. The van der Waals surface area contributed by atoms with Gasteiger partial charge in [-0.05, 0) is 13.3 Å². The molecular formula is C10H22N2. The summed E-state index contributed by atoms with van der Waals surface area (Å²) in [5.41, 5.74) is 1.05. The van der Waals surface area contributed by atoms with Crippen molar-refractivity contribution in [1.29, 1.82) is 0 Å². The standard InChI is InChI=1S/C8H16N2.C2H6/c1-5-6-10(7-9-4)8(2)3;1-2/h7H,2,5-6H2,1,3-4H3;1-2H3. The maximum Gasteiger partial charge on any atom is 0.0887 e. The van der Waals surface area contributed by atoms with Gasteiger partial charge in [0, 0.05) is 19.3 Å². The van der Waals surface area contributed by atoms with Crippen LogP contribution in [0.15, 0.2) is 17.3 Å². The third-order valence-corrected chi connectivity index (χ3v) is 1.21. The zero-order valence-electron chi connectivity index (χ0n) is 9.09. The van der Waals surface area contributed by atoms with E-state index in [1.54, 1.807) is 7.05 Å². The van der Waals surface area contributed by atoms with Gasteiger partial charge in [-0.3, -0.25) is 4.99 Å². The van der Waals surface area contributed by atoms with Gasteiger partial charge in [-0.1, -0.05) is 27.4 Å². The molecule has 2 nitrogen and oxygen atoms in total. The molecule has 0 aliphatic carbocycles. The fraction of sp³-hybridized carbons (Fsp3) is 0.700. The van der Waals surface area contributed by atoms with E-state index in [1.165, 1.54) is 0 Å². The van der Waals surface area contributed by atoms with Gasteiger partial charge in [0.25, 0.3) is 0 Å². The smallest absolute Gasteiger partial charge is 0.0887 e. The number of hydrogen-bond acceptors (Lipinski definition) is 1. The first-order chi connectivity index (χ1) is 5.72. The Kier molecular flexibility index (Phi) is 11.7. The van der Waals surface area contributed by atoms with Crippen LogP contribution in [-0.2, 0) is 0 Å². The summed E-state index contributed by atoms with van der Waals surface area (Å²) in [5, 5.41) is 0. The largest absolute Gasteiger partial charge is 0.337 e. The second-order valence-corrected chi connectivity index (χ2v) is 2.30. The lowest BCUT2D eigenvalue weighted by molar-refractivity contribution is 0.523. The fourth-order valence-electron chi connectivity index (χ4n) is 0.727. The Balaban J connectivity index is 0. The first kappa shape index (κ1) is 13.8. The van der Waals surface area contributed by atoms with Gasteiger partial charge in [0.15, 0.2) is 0 Å². The number of nitrogens with zero attached hydrogens (tertiary/aromatic N) is 2. The molecule has 0 aromatic heterocycles. The highest BCUT2D eigenvalue weighted by Gasteiger charge is 1.95. The van der Waals surface area contributed by atoms with E-state index in [0.717, 1.165) is 18.7 Å². The van der Waals surface area contributed by atoms with Gasteiger partial charge >= 0.3 is 0 Å². The quantitative estimate of drug-likeness (QED) is 0.468. The molecule has 0 saturated carbocycles. The molecule has 0 rings (SSSR count). The lowest BCUT2D eigenvalue weighted by Crippen LogP contribution is -2.19. The number of aliphatic imine (C=N–C) groups is 1. The summed E-state index contributed by atoms with van der Waals surface area (Å²) < 4.78 is 0. The zero-order valence-corrected chi connectivity index (χ0v) is 9.09. The molecule has 0 aromatic rings. The predicted octanol–water partition coefficient (Wildman–Crippen LogP) is 2.92. The van der Waals surface area contributed by atoms with E-state index in [-0.39, 0.29) is 0 Å². The maximum atomic E-state index is 3.92. The van der Waals surface area contributed by atoms with Gasteiger partial charge in [-0.2, -0.15) is 0 Å². The van der Waals surface area contributed by atoms with Gasteiger partial charge in [-0.25, -0.2) is 0 Å². The molecule has 0 heterocycles. The molecule has 0 atom stereocenters. The Morgan fingerprint density at radius 1 is 1.50 bits per heavy atom. The summed E-state index contributed by atoms with van der Waals surface area (Å²) in [7, 11) is 1.77. The van der Waals surface area contributed by atoms with Gasteiger partial charge in [0.05, 0.1) is 6.34 Å². The Bertz CT molecular complexity index is 128. The third-order valence-electron chi connectivity index (χ3n) is 1.21. The van der Waals surface area contributed by atoms with Crippen molar-refractivity contribution in [3.8, 4) is 0 Å². The number of allylic oxidation sites excluding steroid dienone is 1. The minimum Gasteiger partial charge on any atom is -0.337 e. The van der Waals surface area contributed by atoms with Crippen molar-refractivity contribution in [3.05, 3.63) is 12.3 Å². The molecule has 0 aliphatic heterocycles. The van der Waals surface area contributed by atoms with Crippen LogP contribution in [0.3, 0.4) is 0 Å². The second-order valence-electron chi connectivity index (χ2n) is 2.30. The molecule has 0 spiro atoms. The minimum atomic E-state index is 1.01. The van der Waals surface area contributed by atoms with Crippen LogP contribution in [0.5, 0.6) is 0 Å². The van der Waals surface area contributed by atoms with Gasteiger partial charge < -0.3 is 4.90 Å². The molecule has 0 amide bonds. The third kappa shape index (κ3) is 7.32. The lowest BCUT2D eigenvalue weighted by atomic mass is 10.4. The summed E-state index contributed by atoms with van der Waals surface area (Å²) in [6.45, 7) is 13.0. The predicted molar refractivity (Wildman–Crippen MR) is 57.6 cm³/mol. The lowest BCUT2D eigenvalue weighted by Gasteiger charge is -2.17. The maximum absolute atomic E-state index is 3.92. The molecule has 0 bridgehead atoms. The second kappa shape index (κ2) is 10.2. The Morgan fingerprint density at radius 3 is 2.25 bits per heavy atom.